The molecular weight excluding hydrogens is 463 g/mol. The summed E-state index contributed by atoms with van der Waals surface area (Å²) in [6.07, 6.45) is 2.60. The van der Waals surface area contributed by atoms with E-state index in [0.717, 1.165) is 70.3 Å². The number of hydrogen-bond acceptors (Lipinski definition) is 3. The van der Waals surface area contributed by atoms with Gasteiger partial charge in [-0.1, -0.05) is 38.1 Å². The van der Waals surface area contributed by atoms with Gasteiger partial charge >= 0.3 is 0 Å². The molecular formula is C22H37IN4O. The largest absolute Gasteiger partial charge is 0.379 e. The van der Waals surface area contributed by atoms with Gasteiger partial charge in [0.15, 0.2) is 5.96 Å². The molecule has 1 aromatic rings. The van der Waals surface area contributed by atoms with Crippen molar-refractivity contribution in [1.29, 1.82) is 0 Å². The Balaban J connectivity index is 0.00000280. The monoisotopic (exact) mass is 500 g/mol. The molecule has 2 aliphatic rings. The van der Waals surface area contributed by atoms with Crippen molar-refractivity contribution in [3.05, 3.63) is 35.4 Å². The number of nitrogens with zero attached hydrogens (tertiary/aromatic N) is 3. The van der Waals surface area contributed by atoms with Gasteiger partial charge in [0, 0.05) is 46.3 Å². The second-order valence-electron chi connectivity index (χ2n) is 8.34. The van der Waals surface area contributed by atoms with E-state index in [0.29, 0.717) is 0 Å². The highest BCUT2D eigenvalue weighted by atomic mass is 127. The summed E-state index contributed by atoms with van der Waals surface area (Å²) in [5.41, 5.74) is 2.70. The maximum atomic E-state index is 5.45. The molecule has 5 nitrogen and oxygen atoms in total. The molecule has 28 heavy (non-hydrogen) atoms. The number of aliphatic imine (C=N–C) groups is 1. The first-order valence-corrected chi connectivity index (χ1v) is 10.5. The Labute approximate surface area is 187 Å². The highest BCUT2D eigenvalue weighted by Gasteiger charge is 2.25. The molecule has 2 heterocycles. The van der Waals surface area contributed by atoms with Crippen LogP contribution in [0.1, 0.15) is 37.8 Å². The zero-order valence-corrected chi connectivity index (χ0v) is 20.0. The number of hydrogen-bond donors (Lipinski definition) is 1. The molecule has 3 rings (SSSR count). The summed E-state index contributed by atoms with van der Waals surface area (Å²) in [6.45, 7) is 12.5. The van der Waals surface area contributed by atoms with Crippen LogP contribution in [0.15, 0.2) is 29.3 Å². The average Bonchev–Trinajstić information content (AvgIpc) is 3.11. The Bertz CT molecular complexity index is 616. The van der Waals surface area contributed by atoms with Crippen LogP contribution in [0.2, 0.25) is 0 Å². The van der Waals surface area contributed by atoms with Crippen LogP contribution in [0.3, 0.4) is 0 Å². The lowest BCUT2D eigenvalue weighted by atomic mass is 9.97. The minimum Gasteiger partial charge on any atom is -0.379 e. The van der Waals surface area contributed by atoms with E-state index >= 15 is 0 Å². The molecule has 2 saturated heterocycles. The second kappa shape index (κ2) is 12.0. The average molecular weight is 500 g/mol. The molecule has 2 fully saturated rings. The summed E-state index contributed by atoms with van der Waals surface area (Å²) in [7, 11) is 1.90. The van der Waals surface area contributed by atoms with Crippen LogP contribution >= 0.6 is 24.0 Å². The third kappa shape index (κ3) is 7.19. The van der Waals surface area contributed by atoms with Crippen molar-refractivity contribution in [1.82, 2.24) is 15.1 Å². The third-order valence-electron chi connectivity index (χ3n) is 5.55. The molecule has 0 saturated carbocycles. The maximum Gasteiger partial charge on any atom is 0.193 e. The molecule has 6 heteroatoms. The van der Waals surface area contributed by atoms with E-state index in [-0.39, 0.29) is 24.0 Å². The SMILES string of the molecule is CN=C(NCc1cccc(CN2CCOCC2)c1)N1CCC(CC(C)C)C1.I. The minimum atomic E-state index is 0. The first kappa shape index (κ1) is 23.4. The lowest BCUT2D eigenvalue weighted by Crippen LogP contribution is -2.39. The van der Waals surface area contributed by atoms with Crippen molar-refractivity contribution in [3.63, 3.8) is 0 Å². The molecule has 0 spiro atoms. The Hall–Kier alpha value is -0.860. The molecule has 2 aliphatic heterocycles. The topological polar surface area (TPSA) is 40.1 Å². The fourth-order valence-electron chi connectivity index (χ4n) is 4.25. The van der Waals surface area contributed by atoms with Gasteiger partial charge in [0.05, 0.1) is 13.2 Å². The fourth-order valence-corrected chi connectivity index (χ4v) is 4.25. The van der Waals surface area contributed by atoms with E-state index in [1.165, 1.54) is 24.0 Å². The Morgan fingerprint density at radius 1 is 1.21 bits per heavy atom. The summed E-state index contributed by atoms with van der Waals surface area (Å²) >= 11 is 0. The highest BCUT2D eigenvalue weighted by molar-refractivity contribution is 14.0. The van der Waals surface area contributed by atoms with Crippen molar-refractivity contribution in [3.8, 4) is 0 Å². The van der Waals surface area contributed by atoms with Gasteiger partial charge in [0.25, 0.3) is 0 Å². The number of nitrogens with one attached hydrogen (secondary N) is 1. The fraction of sp³-hybridized carbons (Fsp3) is 0.682. The summed E-state index contributed by atoms with van der Waals surface area (Å²) < 4.78 is 5.45. The van der Waals surface area contributed by atoms with Crippen LogP contribution in [0.25, 0.3) is 0 Å². The molecule has 0 amide bonds. The molecule has 1 N–H and O–H groups in total. The molecule has 158 valence electrons. The van der Waals surface area contributed by atoms with E-state index in [1.54, 1.807) is 0 Å². The summed E-state index contributed by atoms with van der Waals surface area (Å²) in [6, 6.07) is 8.92. The number of morpholine rings is 1. The first-order valence-electron chi connectivity index (χ1n) is 10.5. The molecule has 0 radical (unpaired) electrons. The van der Waals surface area contributed by atoms with Gasteiger partial charge in [-0.05, 0) is 35.8 Å². The van der Waals surface area contributed by atoms with Crippen LogP contribution in [0.4, 0.5) is 0 Å². The zero-order chi connectivity index (χ0) is 19.1. The summed E-state index contributed by atoms with van der Waals surface area (Å²) in [5.74, 6) is 2.62. The van der Waals surface area contributed by atoms with E-state index in [9.17, 15) is 0 Å². The highest BCUT2D eigenvalue weighted by Crippen LogP contribution is 2.23. The number of guanidine groups is 1. The normalized spacial score (nSPS) is 21.1. The maximum absolute atomic E-state index is 5.45. The molecule has 1 unspecified atom stereocenters. The van der Waals surface area contributed by atoms with Crippen molar-refractivity contribution >= 4 is 29.9 Å². The Morgan fingerprint density at radius 3 is 2.68 bits per heavy atom. The van der Waals surface area contributed by atoms with Crippen LogP contribution in [-0.2, 0) is 17.8 Å². The summed E-state index contributed by atoms with van der Waals surface area (Å²) in [4.78, 5) is 9.41. The quantitative estimate of drug-likeness (QED) is 0.369. The van der Waals surface area contributed by atoms with E-state index < -0.39 is 0 Å². The molecule has 1 aromatic carbocycles. The van der Waals surface area contributed by atoms with Gasteiger partial charge in [-0.3, -0.25) is 9.89 Å². The lowest BCUT2D eigenvalue weighted by Gasteiger charge is -2.26. The van der Waals surface area contributed by atoms with Gasteiger partial charge in [0.2, 0.25) is 0 Å². The number of benzene rings is 1. The van der Waals surface area contributed by atoms with Crippen LogP contribution in [0, 0.1) is 11.8 Å². The van der Waals surface area contributed by atoms with Crippen LogP contribution in [-0.4, -0.2) is 62.2 Å². The van der Waals surface area contributed by atoms with Gasteiger partial charge in [-0.15, -0.1) is 24.0 Å². The first-order chi connectivity index (χ1) is 13.1. The van der Waals surface area contributed by atoms with Gasteiger partial charge in [-0.2, -0.15) is 0 Å². The Morgan fingerprint density at radius 2 is 1.96 bits per heavy atom. The predicted octanol–water partition coefficient (Wildman–Crippen LogP) is 3.58. The zero-order valence-electron chi connectivity index (χ0n) is 17.7. The van der Waals surface area contributed by atoms with Gasteiger partial charge in [-0.25, -0.2) is 0 Å². The van der Waals surface area contributed by atoms with E-state index in [4.69, 9.17) is 4.74 Å². The van der Waals surface area contributed by atoms with Crippen LogP contribution in [0.5, 0.6) is 0 Å². The summed E-state index contributed by atoms with van der Waals surface area (Å²) in [5, 5.41) is 3.57. The van der Waals surface area contributed by atoms with Crippen molar-refractivity contribution < 1.29 is 4.74 Å². The predicted molar refractivity (Wildman–Crippen MR) is 127 cm³/mol. The van der Waals surface area contributed by atoms with Crippen molar-refractivity contribution in [2.45, 2.75) is 39.8 Å². The van der Waals surface area contributed by atoms with E-state index in [1.807, 2.05) is 7.05 Å². The standard InChI is InChI=1S/C22H36N4O.HI/c1-18(2)13-21-7-8-26(17-21)22(23-3)24-15-19-5-4-6-20(14-19)16-25-9-11-27-12-10-25;/h4-6,14,18,21H,7-13,15-17H2,1-3H3,(H,23,24);1H. The molecule has 0 aromatic heterocycles. The Kier molecular flexibility index (Phi) is 10.0. The number of likely N-dealkylation sites (tertiary alicyclic amines) is 1. The number of ether oxygens (including phenoxy) is 1. The third-order valence-corrected chi connectivity index (χ3v) is 5.55. The molecule has 1 atom stereocenters. The number of halogens is 1. The van der Waals surface area contributed by atoms with Gasteiger partial charge in [0.1, 0.15) is 0 Å². The van der Waals surface area contributed by atoms with Crippen LogP contribution < -0.4 is 5.32 Å². The van der Waals surface area contributed by atoms with Crippen molar-refractivity contribution in [2.24, 2.45) is 16.8 Å². The second-order valence-corrected chi connectivity index (χ2v) is 8.34. The number of rotatable bonds is 6. The van der Waals surface area contributed by atoms with E-state index in [2.05, 4.69) is 58.2 Å². The molecule has 0 bridgehead atoms. The molecule has 0 aliphatic carbocycles. The lowest BCUT2D eigenvalue weighted by molar-refractivity contribution is 0.0342. The smallest absolute Gasteiger partial charge is 0.193 e. The minimum absolute atomic E-state index is 0. The van der Waals surface area contributed by atoms with Crippen molar-refractivity contribution in [2.75, 3.05) is 46.4 Å². The van der Waals surface area contributed by atoms with Gasteiger partial charge < -0.3 is 15.0 Å².